The van der Waals surface area contributed by atoms with Crippen LogP contribution in [0, 0.1) is 9.65 Å². The second kappa shape index (κ2) is 6.97. The Morgan fingerprint density at radius 2 is 2.21 bits per heavy atom. The van der Waals surface area contributed by atoms with Gasteiger partial charge in [0, 0.05) is 18.0 Å². The number of halogens is 2. The molecule has 0 radical (unpaired) electrons. The number of ether oxygens (including phenoxy) is 1. The van der Waals surface area contributed by atoms with Crippen molar-refractivity contribution in [2.45, 2.75) is 19.3 Å². The summed E-state index contributed by atoms with van der Waals surface area (Å²) in [7, 11) is 0. The number of rotatable bonds is 6. The van der Waals surface area contributed by atoms with Crippen LogP contribution in [0.1, 0.15) is 5.56 Å². The Balaban J connectivity index is 1.77. The van der Waals surface area contributed by atoms with E-state index in [1.807, 2.05) is 4.57 Å². The van der Waals surface area contributed by atoms with E-state index in [0.29, 0.717) is 12.1 Å². The number of nitrogens with zero attached hydrogens (tertiary/aromatic N) is 2. The summed E-state index contributed by atoms with van der Waals surface area (Å²) in [4.78, 5) is 4.06. The Bertz CT molecular complexity index is 533. The van der Waals surface area contributed by atoms with Gasteiger partial charge in [-0.1, -0.05) is 18.2 Å². The van der Waals surface area contributed by atoms with Crippen molar-refractivity contribution in [3.8, 4) is 0 Å². The highest BCUT2D eigenvalue weighted by Crippen LogP contribution is 2.08. The van der Waals surface area contributed by atoms with E-state index >= 15 is 0 Å². The summed E-state index contributed by atoms with van der Waals surface area (Å²) in [6.45, 7) is 0.725. The quantitative estimate of drug-likeness (QED) is 0.787. The van der Waals surface area contributed by atoms with Crippen LogP contribution in [0.15, 0.2) is 36.7 Å². The number of aliphatic hydroxyl groups is 1. The average Bonchev–Trinajstić information content (AvgIpc) is 2.77. The highest BCUT2D eigenvalue weighted by molar-refractivity contribution is 14.1. The van der Waals surface area contributed by atoms with E-state index in [4.69, 9.17) is 4.74 Å². The molecule has 2 rings (SSSR count). The fourth-order valence-electron chi connectivity index (χ4n) is 1.65. The van der Waals surface area contributed by atoms with Crippen LogP contribution in [0.3, 0.4) is 0 Å². The summed E-state index contributed by atoms with van der Waals surface area (Å²) in [5.74, 6) is -0.291. The molecule has 4 nitrogen and oxygen atoms in total. The lowest BCUT2D eigenvalue weighted by molar-refractivity contribution is 0.0191. The van der Waals surface area contributed by atoms with Crippen LogP contribution in [0.5, 0.6) is 0 Å². The highest BCUT2D eigenvalue weighted by Gasteiger charge is 2.08. The topological polar surface area (TPSA) is 47.3 Å². The first-order valence-electron chi connectivity index (χ1n) is 5.82. The Hall–Kier alpha value is -0.990. The van der Waals surface area contributed by atoms with Crippen molar-refractivity contribution >= 4 is 22.6 Å². The third kappa shape index (κ3) is 4.26. The van der Waals surface area contributed by atoms with Crippen LogP contribution in [0.25, 0.3) is 0 Å². The van der Waals surface area contributed by atoms with Gasteiger partial charge in [-0.3, -0.25) is 0 Å². The van der Waals surface area contributed by atoms with E-state index in [1.54, 1.807) is 30.6 Å². The molecule has 1 aromatic heterocycles. The van der Waals surface area contributed by atoms with Gasteiger partial charge in [0.15, 0.2) is 3.83 Å². The molecular formula is C13H14FIN2O2. The van der Waals surface area contributed by atoms with Gasteiger partial charge in [-0.05, 0) is 28.7 Å². The molecule has 1 heterocycles. The molecule has 0 aliphatic rings. The van der Waals surface area contributed by atoms with Gasteiger partial charge in [-0.25, -0.2) is 9.37 Å². The van der Waals surface area contributed by atoms with Gasteiger partial charge in [0.25, 0.3) is 0 Å². The predicted octanol–water partition coefficient (Wildman–Crippen LogP) is 2.20. The zero-order valence-corrected chi connectivity index (χ0v) is 12.3. The van der Waals surface area contributed by atoms with Crippen molar-refractivity contribution in [3.63, 3.8) is 0 Å². The molecule has 1 atom stereocenters. The lowest BCUT2D eigenvalue weighted by atomic mass is 10.2. The van der Waals surface area contributed by atoms with E-state index in [-0.39, 0.29) is 19.0 Å². The van der Waals surface area contributed by atoms with Crippen molar-refractivity contribution in [1.29, 1.82) is 0 Å². The predicted molar refractivity (Wildman–Crippen MR) is 77.0 cm³/mol. The lowest BCUT2D eigenvalue weighted by Gasteiger charge is -2.12. The minimum Gasteiger partial charge on any atom is -0.389 e. The minimum atomic E-state index is -0.644. The van der Waals surface area contributed by atoms with Gasteiger partial charge in [-0.15, -0.1) is 0 Å². The summed E-state index contributed by atoms with van der Waals surface area (Å²) >= 11 is 2.09. The normalized spacial score (nSPS) is 12.6. The first-order valence-corrected chi connectivity index (χ1v) is 6.90. The molecule has 19 heavy (non-hydrogen) atoms. The van der Waals surface area contributed by atoms with Crippen LogP contribution in [-0.2, 0) is 17.9 Å². The van der Waals surface area contributed by atoms with Gasteiger partial charge >= 0.3 is 0 Å². The second-order valence-corrected chi connectivity index (χ2v) is 5.07. The summed E-state index contributed by atoms with van der Waals surface area (Å²) in [6, 6.07) is 6.45. The summed E-state index contributed by atoms with van der Waals surface area (Å²) < 4.78 is 21.3. The fraction of sp³-hybridized carbons (Fsp3) is 0.308. The summed E-state index contributed by atoms with van der Waals surface area (Å²) in [5, 5.41) is 9.82. The maximum absolute atomic E-state index is 13.3. The van der Waals surface area contributed by atoms with Gasteiger partial charge in [0.2, 0.25) is 0 Å². The zero-order valence-electron chi connectivity index (χ0n) is 10.2. The van der Waals surface area contributed by atoms with Crippen molar-refractivity contribution < 1.29 is 14.2 Å². The molecule has 1 aromatic carbocycles. The minimum absolute atomic E-state index is 0.155. The molecule has 0 aliphatic carbocycles. The highest BCUT2D eigenvalue weighted by atomic mass is 127. The molecule has 0 saturated carbocycles. The molecule has 0 saturated heterocycles. The van der Waals surface area contributed by atoms with Crippen molar-refractivity contribution in [2.24, 2.45) is 0 Å². The summed E-state index contributed by atoms with van der Waals surface area (Å²) in [5.41, 5.74) is 0.493. The van der Waals surface area contributed by atoms with Crippen molar-refractivity contribution in [3.05, 3.63) is 51.9 Å². The molecular weight excluding hydrogens is 362 g/mol. The van der Waals surface area contributed by atoms with E-state index in [1.165, 1.54) is 6.07 Å². The maximum Gasteiger partial charge on any atom is 0.171 e. The smallest absolute Gasteiger partial charge is 0.171 e. The molecule has 0 amide bonds. The number of aliphatic hydroxyl groups excluding tert-OH is 1. The number of benzene rings is 1. The van der Waals surface area contributed by atoms with Gasteiger partial charge in [0.05, 0.1) is 25.9 Å². The monoisotopic (exact) mass is 376 g/mol. The Morgan fingerprint density at radius 1 is 1.42 bits per heavy atom. The third-order valence-electron chi connectivity index (χ3n) is 2.60. The summed E-state index contributed by atoms with van der Waals surface area (Å²) in [6.07, 6.45) is 2.82. The van der Waals surface area contributed by atoms with E-state index in [0.717, 1.165) is 3.83 Å². The molecule has 0 spiro atoms. The number of aromatic nitrogens is 2. The number of imidazole rings is 1. The number of hydrogen-bond donors (Lipinski definition) is 1. The second-order valence-electron chi connectivity index (χ2n) is 4.11. The first kappa shape index (κ1) is 14.4. The molecule has 0 unspecified atom stereocenters. The molecule has 2 aromatic rings. The Labute approximate surface area is 124 Å². The fourth-order valence-corrected chi connectivity index (χ4v) is 2.17. The Kier molecular flexibility index (Phi) is 5.29. The zero-order chi connectivity index (χ0) is 13.7. The van der Waals surface area contributed by atoms with Crippen LogP contribution < -0.4 is 0 Å². The van der Waals surface area contributed by atoms with E-state index in [2.05, 4.69) is 27.6 Å². The van der Waals surface area contributed by atoms with Gasteiger partial charge in [-0.2, -0.15) is 0 Å². The largest absolute Gasteiger partial charge is 0.389 e. The number of hydrogen-bond acceptors (Lipinski definition) is 3. The standard InChI is InChI=1S/C13H14FIN2O2/c14-12-4-2-1-3-10(12)8-19-9-11(18)7-17-6-5-16-13(17)15/h1-6,11,18H,7-9H2/t11-/m1/s1. The SMILES string of the molecule is O[C@@H](COCc1ccccc1F)Cn1ccnc1I. The average molecular weight is 376 g/mol. The van der Waals surface area contributed by atoms with Crippen LogP contribution in [0.4, 0.5) is 4.39 Å². The van der Waals surface area contributed by atoms with Crippen LogP contribution in [-0.4, -0.2) is 27.4 Å². The van der Waals surface area contributed by atoms with E-state index < -0.39 is 6.10 Å². The van der Waals surface area contributed by atoms with Crippen LogP contribution >= 0.6 is 22.6 Å². The first-order chi connectivity index (χ1) is 9.16. The molecule has 0 fully saturated rings. The third-order valence-corrected chi connectivity index (χ3v) is 3.50. The van der Waals surface area contributed by atoms with Crippen LogP contribution in [0.2, 0.25) is 0 Å². The van der Waals surface area contributed by atoms with E-state index in [9.17, 15) is 9.50 Å². The van der Waals surface area contributed by atoms with Gasteiger partial charge < -0.3 is 14.4 Å². The van der Waals surface area contributed by atoms with Crippen molar-refractivity contribution in [1.82, 2.24) is 9.55 Å². The van der Waals surface area contributed by atoms with Gasteiger partial charge in [0.1, 0.15) is 5.82 Å². The lowest BCUT2D eigenvalue weighted by Crippen LogP contribution is -2.22. The molecule has 1 N–H and O–H groups in total. The molecule has 6 heteroatoms. The Morgan fingerprint density at radius 3 is 2.89 bits per heavy atom. The molecule has 102 valence electrons. The van der Waals surface area contributed by atoms with Crippen molar-refractivity contribution in [2.75, 3.05) is 6.61 Å². The molecule has 0 aliphatic heterocycles. The molecule has 0 bridgehead atoms. The maximum atomic E-state index is 13.3.